The summed E-state index contributed by atoms with van der Waals surface area (Å²) in [6.45, 7) is 0.814. The third-order valence-corrected chi connectivity index (χ3v) is 2.26. The molecule has 14 heavy (non-hydrogen) atoms. The molecular weight excluding hydrogens is 268 g/mol. The fourth-order valence-electron chi connectivity index (χ4n) is 0.914. The zero-order valence-electron chi connectivity index (χ0n) is 6.80. The third kappa shape index (κ3) is 1.54. The molecule has 1 nitrogen and oxygen atoms in total. The van der Waals surface area contributed by atoms with Crippen LogP contribution in [0.5, 0.6) is 0 Å². The van der Waals surface area contributed by atoms with Gasteiger partial charge in [0.05, 0.1) is 10.0 Å². The molecule has 0 saturated heterocycles. The Kier molecular flexibility index (Phi) is 2.94. The fourth-order valence-corrected chi connectivity index (χ4v) is 1.26. The first-order chi connectivity index (χ1) is 6.37. The molecule has 0 N–H and O–H groups in total. The SMILES string of the molecule is CC(=O)c1c(F)c(F)c(Br)c(F)c1F. The van der Waals surface area contributed by atoms with E-state index in [1.165, 1.54) is 0 Å². The van der Waals surface area contributed by atoms with Crippen molar-refractivity contribution in [1.29, 1.82) is 0 Å². The van der Waals surface area contributed by atoms with Gasteiger partial charge in [-0.3, -0.25) is 4.79 Å². The van der Waals surface area contributed by atoms with Gasteiger partial charge >= 0.3 is 0 Å². The monoisotopic (exact) mass is 270 g/mol. The van der Waals surface area contributed by atoms with Crippen LogP contribution in [0.15, 0.2) is 4.47 Å². The minimum atomic E-state index is -1.69. The van der Waals surface area contributed by atoms with Gasteiger partial charge in [-0.15, -0.1) is 0 Å². The Bertz CT molecular complexity index is 387. The molecule has 0 fully saturated rings. The van der Waals surface area contributed by atoms with E-state index in [9.17, 15) is 22.4 Å². The summed E-state index contributed by atoms with van der Waals surface area (Å²) in [6.07, 6.45) is 0. The molecule has 1 aromatic carbocycles. The van der Waals surface area contributed by atoms with Gasteiger partial charge in [0.1, 0.15) is 0 Å². The van der Waals surface area contributed by atoms with Crippen molar-refractivity contribution in [3.63, 3.8) is 0 Å². The molecule has 0 spiro atoms. The highest BCUT2D eigenvalue weighted by molar-refractivity contribution is 9.10. The van der Waals surface area contributed by atoms with Gasteiger partial charge < -0.3 is 0 Å². The van der Waals surface area contributed by atoms with Crippen molar-refractivity contribution in [2.75, 3.05) is 0 Å². The van der Waals surface area contributed by atoms with Crippen molar-refractivity contribution in [2.24, 2.45) is 0 Å². The van der Waals surface area contributed by atoms with Gasteiger partial charge in [0.25, 0.3) is 0 Å². The van der Waals surface area contributed by atoms with Crippen LogP contribution >= 0.6 is 15.9 Å². The Hall–Kier alpha value is -0.910. The number of benzene rings is 1. The zero-order chi connectivity index (χ0) is 11.0. The van der Waals surface area contributed by atoms with Gasteiger partial charge in [0, 0.05) is 0 Å². The number of Topliss-reactive ketones (excluding diaryl/α,β-unsaturated/α-hetero) is 1. The van der Waals surface area contributed by atoms with Crippen LogP contribution in [0.2, 0.25) is 0 Å². The number of hydrogen-bond donors (Lipinski definition) is 0. The summed E-state index contributed by atoms with van der Waals surface area (Å²) in [7, 11) is 0. The van der Waals surface area contributed by atoms with E-state index in [0.717, 1.165) is 6.92 Å². The Morgan fingerprint density at radius 3 is 1.64 bits per heavy atom. The molecule has 0 radical (unpaired) electrons. The number of carbonyl (C=O) groups is 1. The first-order valence-electron chi connectivity index (χ1n) is 3.40. The van der Waals surface area contributed by atoms with Crippen LogP contribution in [0.25, 0.3) is 0 Å². The largest absolute Gasteiger partial charge is 0.294 e. The lowest BCUT2D eigenvalue weighted by Crippen LogP contribution is -2.08. The zero-order valence-corrected chi connectivity index (χ0v) is 8.38. The predicted octanol–water partition coefficient (Wildman–Crippen LogP) is 3.21. The topological polar surface area (TPSA) is 17.1 Å². The van der Waals surface area contributed by atoms with Crippen LogP contribution in [0.1, 0.15) is 17.3 Å². The minimum Gasteiger partial charge on any atom is -0.294 e. The van der Waals surface area contributed by atoms with Crippen LogP contribution in [-0.4, -0.2) is 5.78 Å². The second kappa shape index (κ2) is 3.68. The number of carbonyl (C=O) groups excluding carboxylic acids is 1. The van der Waals surface area contributed by atoms with Gasteiger partial charge in [-0.05, 0) is 22.9 Å². The minimum absolute atomic E-state index is 0.814. The first-order valence-corrected chi connectivity index (χ1v) is 4.19. The molecule has 0 aliphatic heterocycles. The highest BCUT2D eigenvalue weighted by atomic mass is 79.9. The maximum Gasteiger partial charge on any atom is 0.176 e. The van der Waals surface area contributed by atoms with Crippen molar-refractivity contribution in [2.45, 2.75) is 6.92 Å². The van der Waals surface area contributed by atoms with Crippen molar-refractivity contribution in [3.05, 3.63) is 33.3 Å². The van der Waals surface area contributed by atoms with E-state index in [-0.39, 0.29) is 0 Å². The van der Waals surface area contributed by atoms with Gasteiger partial charge in [-0.2, -0.15) is 0 Å². The standard InChI is InChI=1S/C8H3BrF4O/c1-2(14)3-5(10)7(12)4(9)8(13)6(3)11/h1H3. The summed E-state index contributed by atoms with van der Waals surface area (Å²) in [6, 6.07) is 0. The molecule has 0 atom stereocenters. The van der Waals surface area contributed by atoms with E-state index >= 15 is 0 Å². The lowest BCUT2D eigenvalue weighted by Gasteiger charge is -2.05. The summed E-state index contributed by atoms with van der Waals surface area (Å²) in [5, 5.41) is 0. The summed E-state index contributed by atoms with van der Waals surface area (Å²) >= 11 is 2.32. The van der Waals surface area contributed by atoms with Crippen molar-refractivity contribution >= 4 is 21.7 Å². The molecule has 0 heterocycles. The highest BCUT2D eigenvalue weighted by Crippen LogP contribution is 2.28. The van der Waals surface area contributed by atoms with Gasteiger partial charge in [0.15, 0.2) is 29.1 Å². The normalized spacial score (nSPS) is 10.4. The lowest BCUT2D eigenvalue weighted by molar-refractivity contribution is 0.100. The van der Waals surface area contributed by atoms with Crippen molar-refractivity contribution < 1.29 is 22.4 Å². The van der Waals surface area contributed by atoms with Crippen LogP contribution in [0.3, 0.4) is 0 Å². The average molecular weight is 271 g/mol. The summed E-state index contributed by atoms with van der Waals surface area (Å²) in [5.74, 6) is -7.69. The molecule has 0 aromatic heterocycles. The second-order valence-electron chi connectivity index (χ2n) is 2.50. The molecule has 6 heteroatoms. The highest BCUT2D eigenvalue weighted by Gasteiger charge is 2.26. The van der Waals surface area contributed by atoms with E-state index in [4.69, 9.17) is 0 Å². The van der Waals surface area contributed by atoms with Crippen LogP contribution in [0.4, 0.5) is 17.6 Å². The van der Waals surface area contributed by atoms with E-state index in [1.54, 1.807) is 0 Å². The number of halogens is 5. The van der Waals surface area contributed by atoms with E-state index in [1.807, 2.05) is 0 Å². The molecule has 0 saturated carbocycles. The van der Waals surface area contributed by atoms with Crippen molar-refractivity contribution in [1.82, 2.24) is 0 Å². The molecule has 1 aromatic rings. The summed E-state index contributed by atoms with van der Waals surface area (Å²) in [4.78, 5) is 10.7. The number of ketones is 1. The first kappa shape index (κ1) is 11.2. The van der Waals surface area contributed by atoms with Crippen LogP contribution in [-0.2, 0) is 0 Å². The maximum absolute atomic E-state index is 12.9. The lowest BCUT2D eigenvalue weighted by atomic mass is 10.1. The van der Waals surface area contributed by atoms with Crippen LogP contribution in [0, 0.1) is 23.3 Å². The molecule has 0 bridgehead atoms. The Morgan fingerprint density at radius 1 is 1.00 bits per heavy atom. The maximum atomic E-state index is 12.9. The fraction of sp³-hybridized carbons (Fsp3) is 0.125. The molecule has 1 rings (SSSR count). The predicted molar refractivity (Wildman–Crippen MR) is 44.0 cm³/mol. The Labute approximate surface area is 84.9 Å². The summed E-state index contributed by atoms with van der Waals surface area (Å²) < 4.78 is 50.5. The van der Waals surface area contributed by atoms with Crippen LogP contribution < -0.4 is 0 Å². The average Bonchev–Trinajstić information content (AvgIpc) is 2.11. The van der Waals surface area contributed by atoms with Gasteiger partial charge in [-0.1, -0.05) is 0 Å². The van der Waals surface area contributed by atoms with E-state index in [0.29, 0.717) is 0 Å². The van der Waals surface area contributed by atoms with E-state index < -0.39 is 39.1 Å². The van der Waals surface area contributed by atoms with E-state index in [2.05, 4.69) is 15.9 Å². The molecular formula is C8H3BrF4O. The quantitative estimate of drug-likeness (QED) is 0.332. The Balaban J connectivity index is 3.68. The van der Waals surface area contributed by atoms with Crippen molar-refractivity contribution in [3.8, 4) is 0 Å². The van der Waals surface area contributed by atoms with Gasteiger partial charge in [-0.25, -0.2) is 17.6 Å². The van der Waals surface area contributed by atoms with Gasteiger partial charge in [0.2, 0.25) is 0 Å². The third-order valence-electron chi connectivity index (χ3n) is 1.56. The Morgan fingerprint density at radius 2 is 1.36 bits per heavy atom. The second-order valence-corrected chi connectivity index (χ2v) is 3.29. The number of rotatable bonds is 1. The molecule has 0 aliphatic carbocycles. The summed E-state index contributed by atoms with van der Waals surface area (Å²) in [5.41, 5.74) is -1.21. The smallest absolute Gasteiger partial charge is 0.176 e. The molecule has 0 aliphatic rings. The number of hydrogen-bond acceptors (Lipinski definition) is 1. The molecule has 76 valence electrons. The molecule has 0 unspecified atom stereocenters. The molecule has 0 amide bonds.